The summed E-state index contributed by atoms with van der Waals surface area (Å²) in [7, 11) is 0. The van der Waals surface area contributed by atoms with Crippen LogP contribution < -0.4 is 25.8 Å². The van der Waals surface area contributed by atoms with Crippen LogP contribution in [0.4, 0.5) is 33.5 Å². The number of halogens is 5. The zero-order valence-electron chi connectivity index (χ0n) is 26.0. The first-order chi connectivity index (χ1) is 21.8. The van der Waals surface area contributed by atoms with Crippen molar-refractivity contribution in [1.82, 2.24) is 25.2 Å². The molecule has 1 saturated heterocycles. The minimum atomic E-state index is -5.04. The van der Waals surface area contributed by atoms with Crippen LogP contribution in [0.5, 0.6) is 11.9 Å². The lowest BCUT2D eigenvalue weighted by atomic mass is 9.96. The molecule has 1 unspecified atom stereocenters. The Kier molecular flexibility index (Phi) is 8.85. The summed E-state index contributed by atoms with van der Waals surface area (Å²) >= 11 is 0. The third-order valence-corrected chi connectivity index (χ3v) is 8.80. The molecule has 4 N–H and O–H groups in total. The average Bonchev–Trinajstić information content (AvgIpc) is 3.77. The molecule has 0 amide bonds. The fourth-order valence-electron chi connectivity index (χ4n) is 6.05. The number of hydrogen-bond donors (Lipinski definition) is 3. The Hall–Kier alpha value is -3.56. The van der Waals surface area contributed by atoms with Crippen LogP contribution in [0.15, 0.2) is 6.07 Å². The number of anilines is 2. The molecule has 15 heteroatoms. The van der Waals surface area contributed by atoms with E-state index in [1.807, 2.05) is 6.92 Å². The molecule has 0 bridgehead atoms. The number of aromatic nitrogens is 3. The van der Waals surface area contributed by atoms with Gasteiger partial charge in [0.05, 0.1) is 42.7 Å². The topological polar surface area (TPSA) is 120 Å². The molecule has 3 aliphatic rings. The van der Waals surface area contributed by atoms with Crippen molar-refractivity contribution < 1.29 is 36.2 Å². The molecule has 1 saturated carbocycles. The van der Waals surface area contributed by atoms with E-state index in [1.54, 1.807) is 6.92 Å². The van der Waals surface area contributed by atoms with Crippen molar-refractivity contribution >= 4 is 22.4 Å². The molecule has 2 aromatic heterocycles. The molecule has 2 aliphatic heterocycles. The molecule has 46 heavy (non-hydrogen) atoms. The van der Waals surface area contributed by atoms with Gasteiger partial charge in [0.1, 0.15) is 22.4 Å². The van der Waals surface area contributed by atoms with Gasteiger partial charge < -0.3 is 30.6 Å². The summed E-state index contributed by atoms with van der Waals surface area (Å²) in [4.78, 5) is 15.4. The first kappa shape index (κ1) is 32.4. The number of nitrogens with one attached hydrogen (secondary N) is 2. The van der Waals surface area contributed by atoms with E-state index in [-0.39, 0.29) is 46.7 Å². The summed E-state index contributed by atoms with van der Waals surface area (Å²) in [5, 5.41) is 6.55. The third kappa shape index (κ3) is 6.63. The normalized spacial score (nSPS) is 22.1. The Labute approximate surface area is 263 Å². The average molecular weight is 652 g/mol. The highest BCUT2D eigenvalue weighted by molar-refractivity contribution is 5.96. The Morgan fingerprint density at radius 2 is 1.85 bits per heavy atom. The maximum absolute atomic E-state index is 16.6. The van der Waals surface area contributed by atoms with E-state index in [4.69, 9.17) is 19.9 Å². The largest absolute Gasteiger partial charge is 0.474 e. The van der Waals surface area contributed by atoms with Crippen molar-refractivity contribution in [1.29, 1.82) is 0 Å². The predicted molar refractivity (Wildman–Crippen MR) is 162 cm³/mol. The van der Waals surface area contributed by atoms with Crippen LogP contribution in [0.1, 0.15) is 44.2 Å². The first-order valence-electron chi connectivity index (χ1n) is 15.5. The summed E-state index contributed by atoms with van der Waals surface area (Å²) in [5.41, 5.74) is 0.841. The maximum Gasteiger partial charge on any atom is 0.417 e. The fourth-order valence-corrected chi connectivity index (χ4v) is 6.05. The van der Waals surface area contributed by atoms with Crippen LogP contribution in [0.25, 0.3) is 22.2 Å². The monoisotopic (exact) mass is 651 g/mol. The lowest BCUT2D eigenvalue weighted by molar-refractivity contribution is -0.137. The van der Waals surface area contributed by atoms with Gasteiger partial charge in [-0.3, -0.25) is 4.90 Å². The molecule has 250 valence electrons. The molecule has 0 spiro atoms. The molecule has 1 aromatic carbocycles. The quantitative estimate of drug-likeness (QED) is 0.250. The molecule has 1 aliphatic carbocycles. The minimum Gasteiger partial charge on any atom is -0.474 e. The van der Waals surface area contributed by atoms with Gasteiger partial charge in [-0.25, -0.2) is 13.8 Å². The van der Waals surface area contributed by atoms with E-state index in [0.717, 1.165) is 45.5 Å². The molecule has 2 atom stereocenters. The summed E-state index contributed by atoms with van der Waals surface area (Å²) < 4.78 is 92.9. The number of benzene rings is 1. The number of pyridine rings is 1. The van der Waals surface area contributed by atoms with Gasteiger partial charge in [0, 0.05) is 37.6 Å². The van der Waals surface area contributed by atoms with Gasteiger partial charge in [0.15, 0.2) is 11.6 Å². The minimum absolute atomic E-state index is 0.0126. The zero-order valence-corrected chi connectivity index (χ0v) is 26.0. The molecular formula is C31H38F5N7O3. The van der Waals surface area contributed by atoms with Gasteiger partial charge in [-0.15, -0.1) is 0 Å². The fraction of sp³-hybridized carbons (Fsp3) is 0.581. The first-order valence-corrected chi connectivity index (χ1v) is 15.5. The van der Waals surface area contributed by atoms with Crippen molar-refractivity contribution in [3.05, 3.63) is 28.8 Å². The molecule has 4 heterocycles. The Morgan fingerprint density at radius 3 is 2.54 bits per heavy atom. The SMILES string of the molecule is Cc1cc(N)c(F)c(-c2nc3c4c(nc(OCC5(CN6CCOCC6)CC5)nc4c2F)NCC(C)NCC[C@H](C)O3)c1C(F)(F)F. The van der Waals surface area contributed by atoms with Crippen LogP contribution in [0, 0.1) is 24.0 Å². The van der Waals surface area contributed by atoms with Gasteiger partial charge in [-0.1, -0.05) is 0 Å². The number of nitrogens with two attached hydrogens (primary N) is 1. The molecule has 6 rings (SSSR count). The second kappa shape index (κ2) is 12.6. The number of ether oxygens (including phenoxy) is 3. The van der Waals surface area contributed by atoms with Crippen LogP contribution in [-0.2, 0) is 10.9 Å². The van der Waals surface area contributed by atoms with E-state index in [2.05, 4.69) is 30.5 Å². The van der Waals surface area contributed by atoms with Gasteiger partial charge >= 0.3 is 12.2 Å². The van der Waals surface area contributed by atoms with E-state index >= 15 is 8.78 Å². The zero-order chi connectivity index (χ0) is 32.8. The molecule has 10 nitrogen and oxygen atoms in total. The van der Waals surface area contributed by atoms with E-state index < -0.39 is 51.9 Å². The van der Waals surface area contributed by atoms with Crippen molar-refractivity contribution in [3.8, 4) is 23.1 Å². The van der Waals surface area contributed by atoms with E-state index in [0.29, 0.717) is 32.7 Å². The Balaban J connectivity index is 1.50. The molecular weight excluding hydrogens is 613 g/mol. The second-order valence-electron chi connectivity index (χ2n) is 12.6. The van der Waals surface area contributed by atoms with Gasteiger partial charge in [-0.05, 0) is 58.2 Å². The number of nitrogens with zero attached hydrogens (tertiary/aromatic N) is 4. The van der Waals surface area contributed by atoms with E-state index in [1.165, 1.54) is 0 Å². The molecule has 0 radical (unpaired) electrons. The third-order valence-electron chi connectivity index (χ3n) is 8.80. The molecule has 3 aromatic rings. The number of aryl methyl sites for hydroxylation is 1. The van der Waals surface area contributed by atoms with Crippen molar-refractivity contribution in [2.24, 2.45) is 5.41 Å². The molecule has 2 fully saturated rings. The highest BCUT2D eigenvalue weighted by Crippen LogP contribution is 2.48. The van der Waals surface area contributed by atoms with Gasteiger partial charge in [-0.2, -0.15) is 23.1 Å². The van der Waals surface area contributed by atoms with Crippen LogP contribution in [0.2, 0.25) is 0 Å². The highest BCUT2D eigenvalue weighted by atomic mass is 19.4. The number of hydrogen-bond acceptors (Lipinski definition) is 10. The number of nitrogen functional groups attached to an aromatic ring is 1. The standard InChI is InChI=1S/C31H38F5N7O3/c1-16-12-19(37)23(32)20(22(16)31(34,35)36)25-24(33)26-21-27(39-13-17(2)38-7-4-18(3)46-28(21)40-25)42-29(41-26)45-15-30(5-6-30)14-43-8-10-44-11-9-43/h12,17-18,38H,4-11,13-15,37H2,1-3H3,(H,39,41,42)/t17?,18-/m0/s1. The number of morpholine rings is 1. The number of alkyl halides is 3. The summed E-state index contributed by atoms with van der Waals surface area (Å²) in [5.74, 6) is -2.83. The summed E-state index contributed by atoms with van der Waals surface area (Å²) in [6.07, 6.45) is -3.18. The Bertz CT molecular complexity index is 1610. The second-order valence-corrected chi connectivity index (χ2v) is 12.6. The predicted octanol–water partition coefficient (Wildman–Crippen LogP) is 4.93. The van der Waals surface area contributed by atoms with Crippen LogP contribution in [-0.4, -0.2) is 84.5 Å². The van der Waals surface area contributed by atoms with Crippen molar-refractivity contribution in [2.75, 3.05) is 63.6 Å². The number of rotatable bonds is 6. The maximum atomic E-state index is 16.6. The van der Waals surface area contributed by atoms with Gasteiger partial charge in [0.25, 0.3) is 0 Å². The van der Waals surface area contributed by atoms with Crippen LogP contribution >= 0.6 is 0 Å². The van der Waals surface area contributed by atoms with Crippen molar-refractivity contribution in [3.63, 3.8) is 0 Å². The van der Waals surface area contributed by atoms with Gasteiger partial charge in [0.2, 0.25) is 5.88 Å². The lowest BCUT2D eigenvalue weighted by Gasteiger charge is -2.30. The smallest absolute Gasteiger partial charge is 0.417 e. The van der Waals surface area contributed by atoms with E-state index in [9.17, 15) is 13.2 Å². The Morgan fingerprint density at radius 1 is 1.11 bits per heavy atom. The summed E-state index contributed by atoms with van der Waals surface area (Å²) in [6, 6.07) is 0.668. The highest BCUT2D eigenvalue weighted by Gasteiger charge is 2.45. The van der Waals surface area contributed by atoms with Crippen molar-refractivity contribution in [2.45, 2.75) is 58.4 Å². The summed E-state index contributed by atoms with van der Waals surface area (Å²) in [6.45, 7) is 9.78. The van der Waals surface area contributed by atoms with Crippen LogP contribution in [0.3, 0.4) is 0 Å². The lowest BCUT2D eigenvalue weighted by Crippen LogP contribution is -2.41.